The van der Waals surface area contributed by atoms with Crippen molar-refractivity contribution in [2.75, 3.05) is 20.6 Å². The average Bonchev–Trinajstić information content (AvgIpc) is 2.55. The van der Waals surface area contributed by atoms with Gasteiger partial charge in [-0.2, -0.15) is 0 Å². The molecule has 4 nitrogen and oxygen atoms in total. The molecule has 0 spiro atoms. The summed E-state index contributed by atoms with van der Waals surface area (Å²) >= 11 is 0. The molecule has 3 rings (SSSR count). The summed E-state index contributed by atoms with van der Waals surface area (Å²) in [6, 6.07) is 6.97. The molecule has 1 aromatic carbocycles. The fourth-order valence-electron chi connectivity index (χ4n) is 4.62. The maximum Gasteiger partial charge on any atom is 0.190 e. The predicted molar refractivity (Wildman–Crippen MR) is 101 cm³/mol. The molecule has 2 aliphatic carbocycles. The van der Waals surface area contributed by atoms with Crippen molar-refractivity contribution in [2.24, 2.45) is 17.3 Å². The molecule has 0 aliphatic heterocycles. The van der Waals surface area contributed by atoms with Crippen molar-refractivity contribution in [2.45, 2.75) is 33.6 Å². The van der Waals surface area contributed by atoms with Crippen LogP contribution in [-0.4, -0.2) is 42.9 Å². The Bertz CT molecular complexity index is 816. The number of carbonyl (C=O) groups is 3. The van der Waals surface area contributed by atoms with Gasteiger partial charge in [0.05, 0.1) is 0 Å². The van der Waals surface area contributed by atoms with E-state index in [9.17, 15) is 14.4 Å². The zero-order valence-corrected chi connectivity index (χ0v) is 16.3. The number of rotatable bonds is 4. The van der Waals surface area contributed by atoms with Gasteiger partial charge in [0.2, 0.25) is 0 Å². The zero-order chi connectivity index (χ0) is 19.2. The van der Waals surface area contributed by atoms with Crippen molar-refractivity contribution in [1.82, 2.24) is 4.90 Å². The van der Waals surface area contributed by atoms with Gasteiger partial charge >= 0.3 is 0 Å². The highest BCUT2D eigenvalue weighted by Gasteiger charge is 2.45. The second-order valence-corrected chi connectivity index (χ2v) is 8.74. The Labute approximate surface area is 155 Å². The van der Waals surface area contributed by atoms with Crippen molar-refractivity contribution in [1.29, 1.82) is 0 Å². The first-order valence-electron chi connectivity index (χ1n) is 9.21. The average molecular weight is 353 g/mol. The van der Waals surface area contributed by atoms with Gasteiger partial charge < -0.3 is 4.90 Å². The largest absolute Gasteiger partial charge is 0.309 e. The fraction of sp³-hybridized carbons (Fsp3) is 0.500. The molecule has 0 fully saturated rings. The summed E-state index contributed by atoms with van der Waals surface area (Å²) in [7, 11) is 4.04. The van der Waals surface area contributed by atoms with Crippen LogP contribution in [0, 0.1) is 17.3 Å². The number of carbonyl (C=O) groups excluding carboxylic acids is 3. The molecule has 0 saturated heterocycles. The third-order valence-electron chi connectivity index (χ3n) is 5.61. The van der Waals surface area contributed by atoms with E-state index in [1.54, 1.807) is 24.3 Å². The van der Waals surface area contributed by atoms with Gasteiger partial charge in [-0.25, -0.2) is 0 Å². The molecule has 0 N–H and O–H groups in total. The molecule has 0 saturated carbocycles. The molecular formula is C22H27NO3. The molecule has 0 heterocycles. The maximum absolute atomic E-state index is 13.2. The van der Waals surface area contributed by atoms with Crippen LogP contribution in [0.3, 0.4) is 0 Å². The van der Waals surface area contributed by atoms with Crippen LogP contribution in [0.5, 0.6) is 0 Å². The van der Waals surface area contributed by atoms with Gasteiger partial charge in [0.25, 0.3) is 0 Å². The van der Waals surface area contributed by atoms with E-state index in [1.165, 1.54) is 0 Å². The first-order valence-corrected chi connectivity index (χ1v) is 9.21. The monoisotopic (exact) mass is 353 g/mol. The van der Waals surface area contributed by atoms with E-state index in [1.807, 2.05) is 21.0 Å². The van der Waals surface area contributed by atoms with E-state index in [-0.39, 0.29) is 41.0 Å². The molecule has 2 unspecified atom stereocenters. The van der Waals surface area contributed by atoms with E-state index in [2.05, 4.69) is 18.7 Å². The number of fused-ring (bicyclic) bond motifs is 1. The van der Waals surface area contributed by atoms with Gasteiger partial charge in [-0.05, 0) is 31.8 Å². The zero-order valence-electron chi connectivity index (χ0n) is 16.3. The van der Waals surface area contributed by atoms with Gasteiger partial charge in [0, 0.05) is 41.2 Å². The van der Waals surface area contributed by atoms with Gasteiger partial charge in [-0.1, -0.05) is 45.0 Å². The minimum atomic E-state index is -0.239. The number of nitrogens with zero attached hydrogens (tertiary/aromatic N) is 1. The molecule has 0 aromatic heterocycles. The number of benzene rings is 1. The quantitative estimate of drug-likeness (QED) is 0.830. The molecule has 4 heteroatoms. The third-order valence-corrected chi connectivity index (χ3v) is 5.61. The van der Waals surface area contributed by atoms with Crippen LogP contribution in [0.15, 0.2) is 35.4 Å². The van der Waals surface area contributed by atoms with Gasteiger partial charge in [-0.15, -0.1) is 0 Å². The summed E-state index contributed by atoms with van der Waals surface area (Å²) in [6.07, 6.45) is 0.790. The Morgan fingerprint density at radius 2 is 1.62 bits per heavy atom. The lowest BCUT2D eigenvalue weighted by Crippen LogP contribution is -2.40. The Morgan fingerprint density at radius 1 is 1.04 bits per heavy atom. The van der Waals surface area contributed by atoms with E-state index in [4.69, 9.17) is 0 Å². The number of ketones is 3. The number of allylic oxidation sites excluding steroid dienone is 2. The van der Waals surface area contributed by atoms with Crippen LogP contribution < -0.4 is 0 Å². The van der Waals surface area contributed by atoms with Crippen molar-refractivity contribution >= 4 is 17.3 Å². The van der Waals surface area contributed by atoms with Crippen LogP contribution >= 0.6 is 0 Å². The van der Waals surface area contributed by atoms with Crippen LogP contribution in [0.4, 0.5) is 0 Å². The predicted octanol–water partition coefficient (Wildman–Crippen LogP) is 3.57. The summed E-state index contributed by atoms with van der Waals surface area (Å²) in [5.41, 5.74) is 1.87. The summed E-state index contributed by atoms with van der Waals surface area (Å²) in [4.78, 5) is 40.9. The Morgan fingerprint density at radius 3 is 2.19 bits per heavy atom. The molecule has 2 aliphatic rings. The van der Waals surface area contributed by atoms with Crippen molar-refractivity contribution in [3.05, 3.63) is 46.5 Å². The molecule has 0 radical (unpaired) electrons. The minimum Gasteiger partial charge on any atom is -0.309 e. The molecule has 0 bridgehead atoms. The van der Waals surface area contributed by atoms with E-state index in [0.29, 0.717) is 28.7 Å². The van der Waals surface area contributed by atoms with E-state index < -0.39 is 0 Å². The molecule has 26 heavy (non-hydrogen) atoms. The van der Waals surface area contributed by atoms with E-state index in [0.717, 1.165) is 6.54 Å². The smallest absolute Gasteiger partial charge is 0.190 e. The van der Waals surface area contributed by atoms with Gasteiger partial charge in [-0.3, -0.25) is 14.4 Å². The highest BCUT2D eigenvalue weighted by atomic mass is 16.1. The van der Waals surface area contributed by atoms with Crippen molar-refractivity contribution in [3.8, 4) is 0 Å². The number of hydrogen-bond acceptors (Lipinski definition) is 4. The molecule has 2 atom stereocenters. The lowest BCUT2D eigenvalue weighted by atomic mass is 9.64. The van der Waals surface area contributed by atoms with E-state index >= 15 is 0 Å². The minimum absolute atomic E-state index is 0.0648. The molecule has 1 aromatic rings. The summed E-state index contributed by atoms with van der Waals surface area (Å²) < 4.78 is 0. The lowest BCUT2D eigenvalue weighted by molar-refractivity contribution is -0.123. The number of Topliss-reactive ketones (excluding diaryl/α,β-unsaturated/α-hetero) is 3. The second kappa shape index (κ2) is 6.58. The van der Waals surface area contributed by atoms with Crippen LogP contribution in [0.1, 0.15) is 54.3 Å². The molecular weight excluding hydrogens is 326 g/mol. The lowest BCUT2D eigenvalue weighted by Gasteiger charge is -2.39. The Hall–Kier alpha value is -2.07. The molecule has 138 valence electrons. The van der Waals surface area contributed by atoms with Gasteiger partial charge in [0.1, 0.15) is 5.78 Å². The Kier molecular flexibility index (Phi) is 4.74. The van der Waals surface area contributed by atoms with Crippen LogP contribution in [0.2, 0.25) is 0 Å². The van der Waals surface area contributed by atoms with Crippen LogP contribution in [0.25, 0.3) is 0 Å². The Balaban J connectivity index is 2.07. The fourth-order valence-corrected chi connectivity index (χ4v) is 4.62. The highest BCUT2D eigenvalue weighted by molar-refractivity contribution is 6.28. The first kappa shape index (κ1) is 18.7. The first-order chi connectivity index (χ1) is 12.1. The molecule has 0 amide bonds. The van der Waals surface area contributed by atoms with Crippen molar-refractivity contribution < 1.29 is 14.4 Å². The number of hydrogen-bond donors (Lipinski definition) is 0. The summed E-state index contributed by atoms with van der Waals surface area (Å²) in [5, 5.41) is 0. The third kappa shape index (κ3) is 3.18. The van der Waals surface area contributed by atoms with Crippen LogP contribution in [-0.2, 0) is 4.79 Å². The standard InChI is InChI=1S/C22H27NO3/c1-13-17(11-22(2,3)12-23(4)5)19-16(10-18(13)24)20(25)14-8-6-7-9-15(14)21(19)26/h6-9,13,17H,10-12H2,1-5H3. The topological polar surface area (TPSA) is 54.5 Å². The summed E-state index contributed by atoms with van der Waals surface area (Å²) in [6.45, 7) is 7.07. The second-order valence-electron chi connectivity index (χ2n) is 8.74. The SMILES string of the molecule is CC1C(=O)CC2=C(C(=O)c3ccccc3C2=O)C1CC(C)(C)CN(C)C. The normalized spacial score (nSPS) is 23.4. The summed E-state index contributed by atoms with van der Waals surface area (Å²) in [5.74, 6) is -0.593. The maximum atomic E-state index is 13.2. The highest BCUT2D eigenvalue weighted by Crippen LogP contribution is 2.44. The van der Waals surface area contributed by atoms with Gasteiger partial charge in [0.15, 0.2) is 11.6 Å². The van der Waals surface area contributed by atoms with Crippen molar-refractivity contribution in [3.63, 3.8) is 0 Å².